The summed E-state index contributed by atoms with van der Waals surface area (Å²) in [7, 11) is 0. The van der Waals surface area contributed by atoms with E-state index in [1.807, 2.05) is 71.6 Å². The second-order valence-corrected chi connectivity index (χ2v) is 10.4. The third kappa shape index (κ3) is 11.7. The van der Waals surface area contributed by atoms with Crippen LogP contribution in [0, 0.1) is 5.92 Å². The highest BCUT2D eigenvalue weighted by Gasteiger charge is 2.27. The zero-order chi connectivity index (χ0) is 30.2. The zero-order valence-corrected chi connectivity index (χ0v) is 23.9. The van der Waals surface area contributed by atoms with Crippen molar-refractivity contribution < 1.29 is 34.1 Å². The van der Waals surface area contributed by atoms with Crippen molar-refractivity contribution >= 4 is 23.6 Å². The number of hydrogen-bond acceptors (Lipinski definition) is 6. The minimum Gasteiger partial charge on any atom is -0.494 e. The molecule has 1 unspecified atom stereocenters. The van der Waals surface area contributed by atoms with Crippen LogP contribution in [0.15, 0.2) is 67.0 Å². The highest BCUT2D eigenvalue weighted by Crippen LogP contribution is 2.18. The van der Waals surface area contributed by atoms with Gasteiger partial charge < -0.3 is 30.2 Å². The van der Waals surface area contributed by atoms with E-state index in [2.05, 4.69) is 10.6 Å². The largest absolute Gasteiger partial charge is 0.494 e. The van der Waals surface area contributed by atoms with Crippen LogP contribution in [-0.2, 0) is 38.6 Å². The van der Waals surface area contributed by atoms with Crippen LogP contribution in [0.4, 0.5) is 0 Å². The number of rotatable bonds is 12. The van der Waals surface area contributed by atoms with E-state index in [9.17, 15) is 24.3 Å². The fourth-order valence-electron chi connectivity index (χ4n) is 4.68. The second-order valence-electron chi connectivity index (χ2n) is 10.4. The van der Waals surface area contributed by atoms with E-state index >= 15 is 0 Å². The molecular formula is C32H41N3O7. The van der Waals surface area contributed by atoms with Gasteiger partial charge in [-0.2, -0.15) is 0 Å². The smallest absolute Gasteiger partial charge is 0.304 e. The Bertz CT molecular complexity index is 1240. The molecule has 0 saturated carbocycles. The molecule has 0 fully saturated rings. The molecule has 0 saturated heterocycles. The third-order valence-electron chi connectivity index (χ3n) is 6.98. The Labute approximate surface area is 246 Å². The van der Waals surface area contributed by atoms with Crippen LogP contribution in [-0.4, -0.2) is 64.1 Å². The van der Waals surface area contributed by atoms with Crippen LogP contribution < -0.4 is 15.4 Å². The lowest BCUT2D eigenvalue weighted by Gasteiger charge is -2.22. The zero-order valence-electron chi connectivity index (χ0n) is 23.9. The van der Waals surface area contributed by atoms with Crippen LogP contribution in [0.25, 0.3) is 0 Å². The van der Waals surface area contributed by atoms with Crippen molar-refractivity contribution in [2.75, 3.05) is 19.8 Å². The molecule has 1 aromatic heterocycles. The van der Waals surface area contributed by atoms with Gasteiger partial charge in [0.2, 0.25) is 11.8 Å². The number of nitrogens with zero attached hydrogens (tertiary/aromatic N) is 1. The van der Waals surface area contributed by atoms with Gasteiger partial charge in [0, 0.05) is 63.7 Å². The summed E-state index contributed by atoms with van der Waals surface area (Å²) in [6.45, 7) is 1.16. The molecule has 10 nitrogen and oxygen atoms in total. The molecule has 1 aromatic carbocycles. The molecule has 42 heavy (non-hydrogen) atoms. The number of Topliss-reactive ketones (excluding diaryl/α,β-unsaturated/α-hetero) is 1. The van der Waals surface area contributed by atoms with Gasteiger partial charge in [0.25, 0.3) is 0 Å². The lowest BCUT2D eigenvalue weighted by atomic mass is 9.95. The van der Waals surface area contributed by atoms with E-state index in [1.54, 1.807) is 0 Å². The van der Waals surface area contributed by atoms with Crippen molar-refractivity contribution in [2.24, 2.45) is 5.92 Å². The summed E-state index contributed by atoms with van der Waals surface area (Å²) >= 11 is 0. The van der Waals surface area contributed by atoms with Crippen molar-refractivity contribution in [1.29, 1.82) is 0 Å². The molecule has 2 amide bonds. The Hall–Kier alpha value is -4.18. The number of ether oxygens (including phenoxy) is 1. The van der Waals surface area contributed by atoms with Crippen molar-refractivity contribution in [1.82, 2.24) is 15.2 Å². The number of benzene rings is 1. The second kappa shape index (κ2) is 17.6. The van der Waals surface area contributed by atoms with Gasteiger partial charge in [0.15, 0.2) is 0 Å². The molecule has 0 aliphatic carbocycles. The van der Waals surface area contributed by atoms with Gasteiger partial charge in [0.05, 0.1) is 13.0 Å². The summed E-state index contributed by atoms with van der Waals surface area (Å²) in [4.78, 5) is 50.5. The predicted octanol–water partition coefficient (Wildman–Crippen LogP) is 2.99. The molecule has 2 aromatic rings. The molecule has 3 rings (SSSR count). The number of amides is 2. The van der Waals surface area contributed by atoms with E-state index in [0.29, 0.717) is 51.0 Å². The van der Waals surface area contributed by atoms with Crippen LogP contribution >= 0.6 is 0 Å². The van der Waals surface area contributed by atoms with E-state index in [-0.39, 0.29) is 38.2 Å². The molecule has 1 aliphatic rings. The third-order valence-corrected chi connectivity index (χ3v) is 6.98. The highest BCUT2D eigenvalue weighted by molar-refractivity contribution is 5.90. The molecule has 1 aliphatic heterocycles. The van der Waals surface area contributed by atoms with Gasteiger partial charge in [0.1, 0.15) is 17.6 Å². The maximum Gasteiger partial charge on any atom is 0.304 e. The Balaban J connectivity index is 1.70. The van der Waals surface area contributed by atoms with Crippen LogP contribution in [0.5, 0.6) is 5.75 Å². The van der Waals surface area contributed by atoms with E-state index in [1.165, 1.54) is 0 Å². The lowest BCUT2D eigenvalue weighted by molar-refractivity contribution is -0.141. The quantitative estimate of drug-likeness (QED) is 0.283. The molecule has 0 radical (unpaired) electrons. The maximum absolute atomic E-state index is 13.4. The van der Waals surface area contributed by atoms with Gasteiger partial charge in [-0.05, 0) is 48.6 Å². The van der Waals surface area contributed by atoms with Gasteiger partial charge in [-0.25, -0.2) is 0 Å². The molecule has 2 heterocycles. The predicted molar refractivity (Wildman–Crippen MR) is 157 cm³/mol. The number of aliphatic hydroxyl groups is 1. The molecule has 2 atom stereocenters. The normalized spacial score (nSPS) is 16.2. The molecule has 10 heteroatoms. The lowest BCUT2D eigenvalue weighted by Crippen LogP contribution is -2.50. The summed E-state index contributed by atoms with van der Waals surface area (Å²) in [6, 6.07) is 15.9. The number of aliphatic hydroxyl groups excluding tert-OH is 1. The number of ketones is 1. The molecule has 2 bridgehead atoms. The summed E-state index contributed by atoms with van der Waals surface area (Å²) in [6.07, 6.45) is 6.22. The summed E-state index contributed by atoms with van der Waals surface area (Å²) < 4.78 is 7.45. The fraction of sp³-hybridized carbons (Fsp3) is 0.438. The average molecular weight is 580 g/mol. The van der Waals surface area contributed by atoms with Gasteiger partial charge >= 0.3 is 5.97 Å². The first-order chi connectivity index (χ1) is 20.3. The first-order valence-electron chi connectivity index (χ1n) is 14.5. The number of aliphatic carboxylic acids is 1. The van der Waals surface area contributed by atoms with E-state index in [4.69, 9.17) is 9.84 Å². The van der Waals surface area contributed by atoms with E-state index < -0.39 is 29.7 Å². The molecule has 0 spiro atoms. The van der Waals surface area contributed by atoms with E-state index in [0.717, 1.165) is 11.1 Å². The Morgan fingerprint density at radius 3 is 2.60 bits per heavy atom. The molecule has 4 N–H and O–H groups in total. The van der Waals surface area contributed by atoms with Crippen LogP contribution in [0.1, 0.15) is 49.7 Å². The minimum atomic E-state index is -1.09. The Morgan fingerprint density at radius 1 is 1.05 bits per heavy atom. The number of hydrogen-bond donors (Lipinski definition) is 4. The number of fused-ring (bicyclic) bond motifs is 2. The minimum absolute atomic E-state index is 0.0242. The number of aryl methyl sites for hydroxylation is 2. The van der Waals surface area contributed by atoms with Crippen molar-refractivity contribution in [3.8, 4) is 5.75 Å². The van der Waals surface area contributed by atoms with Gasteiger partial charge in [-0.3, -0.25) is 19.2 Å². The number of carbonyl (C=O) groups is 4. The summed E-state index contributed by atoms with van der Waals surface area (Å²) in [5.41, 5.74) is 1.80. The Morgan fingerprint density at radius 2 is 1.83 bits per heavy atom. The standard InChI is InChI=1S/C32H41N3O7/c36-19-6-20-42-28-12-10-24(11-13-28)8-5-9-26(22-30(38)39)31(40)34-29-21-25-7-3-1-2-4-17-35(23-25)18-15-27(37)14-16-33-32(29)41/h1-4,7,10-13,17,23,26,29,36H,5-6,8-9,14-16,18-22H2,(H,33,41)(H,34,40)(H,38,39)/t26-,29?/m1/s1. The number of carboxylic acid groups (broad SMARTS) is 1. The van der Waals surface area contributed by atoms with Crippen LogP contribution in [0.3, 0.4) is 0 Å². The van der Waals surface area contributed by atoms with Crippen molar-refractivity contribution in [2.45, 2.75) is 64.0 Å². The topological polar surface area (TPSA) is 147 Å². The average Bonchev–Trinajstić information content (AvgIpc) is 3.07. The number of carbonyl (C=O) groups excluding carboxylic acids is 3. The van der Waals surface area contributed by atoms with Crippen molar-refractivity contribution in [3.05, 3.63) is 78.1 Å². The van der Waals surface area contributed by atoms with Gasteiger partial charge in [-0.15, -0.1) is 0 Å². The SMILES string of the molecule is O=C(O)C[C@@H](CCCc1ccc(OCCCO)cc1)C(=O)NC1Cc2ccccccn(c2)CCC(=O)CCNC1=O. The number of nitrogens with one attached hydrogen (secondary N) is 2. The fourth-order valence-corrected chi connectivity index (χ4v) is 4.68. The molecular weight excluding hydrogens is 538 g/mol. The maximum atomic E-state index is 13.4. The number of carboxylic acids is 1. The highest BCUT2D eigenvalue weighted by atomic mass is 16.5. The van der Waals surface area contributed by atoms with Crippen LogP contribution in [0.2, 0.25) is 0 Å². The summed E-state index contributed by atoms with van der Waals surface area (Å²) in [5.74, 6) is -2.08. The first kappa shape index (κ1) is 32.3. The van der Waals surface area contributed by atoms with Crippen molar-refractivity contribution in [3.63, 3.8) is 0 Å². The summed E-state index contributed by atoms with van der Waals surface area (Å²) in [5, 5.41) is 24.0. The van der Waals surface area contributed by atoms with Gasteiger partial charge in [-0.1, -0.05) is 36.4 Å². The first-order valence-corrected chi connectivity index (χ1v) is 14.5. The Kier molecular flexibility index (Phi) is 13.5. The number of aromatic nitrogens is 1. The molecule has 226 valence electrons. The monoisotopic (exact) mass is 579 g/mol.